The number of nitrogens with one attached hydrogen (secondary N) is 1. The van der Waals surface area contributed by atoms with Gasteiger partial charge in [0, 0.05) is 23.6 Å². The maximum absolute atomic E-state index is 11.8. The molecule has 0 bridgehead atoms. The molecule has 0 spiro atoms. The lowest BCUT2D eigenvalue weighted by molar-refractivity contribution is -0.137. The Kier molecular flexibility index (Phi) is 6.68. The number of rotatable bonds is 9. The third-order valence-electron chi connectivity index (χ3n) is 3.23. The van der Waals surface area contributed by atoms with Crippen molar-refractivity contribution >= 4 is 23.5 Å². The number of aromatic nitrogens is 4. The second-order valence-corrected chi connectivity index (χ2v) is 5.64. The van der Waals surface area contributed by atoms with E-state index in [1.165, 1.54) is 4.80 Å². The molecule has 0 aliphatic carbocycles. The number of nitrogens with zero attached hydrogens (tertiary/aromatic N) is 4. The third-order valence-corrected chi connectivity index (χ3v) is 3.48. The Labute approximate surface area is 143 Å². The number of unbranched alkanes of at least 4 members (excludes halogenated alkanes) is 2. The fraction of sp³-hybridized carbons (Fsp3) is 0.400. The molecule has 1 amide bonds. The highest BCUT2D eigenvalue weighted by atomic mass is 35.5. The molecule has 0 atom stereocenters. The Bertz CT molecular complexity index is 687. The molecule has 2 rings (SSSR count). The minimum Gasteiger partial charge on any atom is -0.481 e. The monoisotopic (exact) mass is 351 g/mol. The van der Waals surface area contributed by atoms with Crippen molar-refractivity contribution in [2.75, 3.05) is 6.54 Å². The highest BCUT2D eigenvalue weighted by Crippen LogP contribution is 2.16. The summed E-state index contributed by atoms with van der Waals surface area (Å²) in [6.45, 7) is 0.479. The first-order chi connectivity index (χ1) is 11.5. The van der Waals surface area contributed by atoms with Crippen LogP contribution in [0, 0.1) is 0 Å². The largest absolute Gasteiger partial charge is 0.481 e. The highest BCUT2D eigenvalue weighted by Gasteiger charge is 2.09. The fourth-order valence-electron chi connectivity index (χ4n) is 2.01. The summed E-state index contributed by atoms with van der Waals surface area (Å²) in [6, 6.07) is 7.02. The topological polar surface area (TPSA) is 110 Å². The van der Waals surface area contributed by atoms with Crippen LogP contribution in [0.4, 0.5) is 0 Å². The standard InChI is InChI=1S/C15H18ClN5O3/c16-12-7-5-11(6-8-12)15-18-20-21(19-15)10-13(22)17-9-3-1-2-4-14(23)24/h5-8H,1-4,9-10H2,(H,17,22)(H,23,24). The second-order valence-electron chi connectivity index (χ2n) is 5.20. The Morgan fingerprint density at radius 3 is 2.62 bits per heavy atom. The minimum absolute atomic E-state index is 0.0181. The SMILES string of the molecule is O=C(O)CCCCCNC(=O)Cn1nnc(-c2ccc(Cl)cc2)n1. The molecular weight excluding hydrogens is 334 g/mol. The van der Waals surface area contributed by atoms with Gasteiger partial charge in [-0.05, 0) is 42.3 Å². The Balaban J connectivity index is 1.72. The zero-order valence-electron chi connectivity index (χ0n) is 13.0. The van der Waals surface area contributed by atoms with Gasteiger partial charge >= 0.3 is 5.97 Å². The van der Waals surface area contributed by atoms with Gasteiger partial charge < -0.3 is 10.4 Å². The van der Waals surface area contributed by atoms with Crippen LogP contribution in [0.2, 0.25) is 5.02 Å². The number of carbonyl (C=O) groups is 2. The average Bonchev–Trinajstić information content (AvgIpc) is 2.99. The van der Waals surface area contributed by atoms with E-state index in [-0.39, 0.29) is 18.9 Å². The molecule has 128 valence electrons. The van der Waals surface area contributed by atoms with Crippen LogP contribution in [0.15, 0.2) is 24.3 Å². The van der Waals surface area contributed by atoms with Gasteiger partial charge in [0.25, 0.3) is 0 Å². The van der Waals surface area contributed by atoms with Gasteiger partial charge in [0.2, 0.25) is 11.7 Å². The van der Waals surface area contributed by atoms with E-state index < -0.39 is 5.97 Å². The predicted octanol–water partition coefficient (Wildman–Crippen LogP) is 1.75. The number of hydrogen-bond donors (Lipinski definition) is 2. The molecule has 9 heteroatoms. The molecule has 0 unspecified atom stereocenters. The minimum atomic E-state index is -0.798. The summed E-state index contributed by atoms with van der Waals surface area (Å²) < 4.78 is 0. The van der Waals surface area contributed by atoms with E-state index in [1.54, 1.807) is 24.3 Å². The van der Waals surface area contributed by atoms with E-state index in [2.05, 4.69) is 20.7 Å². The van der Waals surface area contributed by atoms with E-state index in [0.29, 0.717) is 23.8 Å². The Hall–Kier alpha value is -2.48. The van der Waals surface area contributed by atoms with Crippen molar-refractivity contribution in [3.05, 3.63) is 29.3 Å². The average molecular weight is 352 g/mol. The number of aliphatic carboxylic acids is 1. The fourth-order valence-corrected chi connectivity index (χ4v) is 2.14. The summed E-state index contributed by atoms with van der Waals surface area (Å²) >= 11 is 5.83. The predicted molar refractivity (Wildman–Crippen MR) is 87.4 cm³/mol. The lowest BCUT2D eigenvalue weighted by Gasteiger charge is -2.03. The van der Waals surface area contributed by atoms with Crippen LogP contribution in [0.5, 0.6) is 0 Å². The molecule has 1 aromatic heterocycles. The molecule has 1 aromatic carbocycles. The van der Waals surface area contributed by atoms with Gasteiger partial charge in [0.15, 0.2) is 0 Å². The van der Waals surface area contributed by atoms with Crippen molar-refractivity contribution < 1.29 is 14.7 Å². The van der Waals surface area contributed by atoms with Gasteiger partial charge in [0.1, 0.15) is 6.54 Å². The zero-order chi connectivity index (χ0) is 17.4. The van der Waals surface area contributed by atoms with Gasteiger partial charge in [-0.25, -0.2) is 0 Å². The van der Waals surface area contributed by atoms with E-state index in [4.69, 9.17) is 16.7 Å². The molecule has 0 aliphatic heterocycles. The first-order valence-electron chi connectivity index (χ1n) is 7.57. The van der Waals surface area contributed by atoms with E-state index >= 15 is 0 Å². The quantitative estimate of drug-likeness (QED) is 0.666. The van der Waals surface area contributed by atoms with E-state index in [0.717, 1.165) is 18.4 Å². The van der Waals surface area contributed by atoms with Crippen molar-refractivity contribution in [1.29, 1.82) is 0 Å². The van der Waals surface area contributed by atoms with Crippen LogP contribution in [0.1, 0.15) is 25.7 Å². The van der Waals surface area contributed by atoms with Crippen molar-refractivity contribution in [2.45, 2.75) is 32.2 Å². The number of carboxylic acids is 1. The number of benzene rings is 1. The lowest BCUT2D eigenvalue weighted by Crippen LogP contribution is -2.29. The summed E-state index contributed by atoms with van der Waals surface area (Å²) in [5.41, 5.74) is 0.768. The summed E-state index contributed by atoms with van der Waals surface area (Å²) in [5.74, 6) is -0.589. The Morgan fingerprint density at radius 1 is 1.17 bits per heavy atom. The van der Waals surface area contributed by atoms with Gasteiger partial charge in [-0.3, -0.25) is 9.59 Å². The van der Waals surface area contributed by atoms with E-state index in [1.807, 2.05) is 0 Å². The molecule has 0 fully saturated rings. The van der Waals surface area contributed by atoms with Crippen molar-refractivity contribution in [3.8, 4) is 11.4 Å². The first kappa shape index (κ1) is 17.9. The summed E-state index contributed by atoms with van der Waals surface area (Å²) in [7, 11) is 0. The third kappa shape index (κ3) is 5.96. The second kappa shape index (κ2) is 8.97. The first-order valence-corrected chi connectivity index (χ1v) is 7.94. The number of tetrazole rings is 1. The molecule has 1 heterocycles. The van der Waals surface area contributed by atoms with Crippen molar-refractivity contribution in [1.82, 2.24) is 25.5 Å². The summed E-state index contributed by atoms with van der Waals surface area (Å²) in [5, 5.41) is 23.8. The van der Waals surface area contributed by atoms with Gasteiger partial charge in [-0.1, -0.05) is 18.0 Å². The molecule has 2 N–H and O–H groups in total. The van der Waals surface area contributed by atoms with Gasteiger partial charge in [0.05, 0.1) is 0 Å². The number of amides is 1. The maximum atomic E-state index is 11.8. The Morgan fingerprint density at radius 2 is 1.92 bits per heavy atom. The van der Waals surface area contributed by atoms with Crippen molar-refractivity contribution in [2.24, 2.45) is 0 Å². The molecular formula is C15H18ClN5O3. The van der Waals surface area contributed by atoms with Gasteiger partial charge in [-0.2, -0.15) is 4.80 Å². The number of halogens is 1. The van der Waals surface area contributed by atoms with Crippen LogP contribution in [-0.4, -0.2) is 43.7 Å². The summed E-state index contributed by atoms with van der Waals surface area (Å²) in [4.78, 5) is 23.4. The number of carboxylic acid groups (broad SMARTS) is 1. The number of hydrogen-bond acceptors (Lipinski definition) is 5. The molecule has 0 saturated heterocycles. The van der Waals surface area contributed by atoms with Crippen LogP contribution < -0.4 is 5.32 Å². The lowest BCUT2D eigenvalue weighted by atomic mass is 10.2. The molecule has 0 saturated carbocycles. The zero-order valence-corrected chi connectivity index (χ0v) is 13.7. The van der Waals surface area contributed by atoms with Gasteiger partial charge in [-0.15, -0.1) is 10.2 Å². The van der Waals surface area contributed by atoms with Crippen LogP contribution >= 0.6 is 11.6 Å². The molecule has 8 nitrogen and oxygen atoms in total. The molecule has 0 aliphatic rings. The van der Waals surface area contributed by atoms with E-state index in [9.17, 15) is 9.59 Å². The van der Waals surface area contributed by atoms with Crippen LogP contribution in [-0.2, 0) is 16.1 Å². The van der Waals surface area contributed by atoms with Crippen LogP contribution in [0.25, 0.3) is 11.4 Å². The molecule has 0 radical (unpaired) electrons. The highest BCUT2D eigenvalue weighted by molar-refractivity contribution is 6.30. The normalized spacial score (nSPS) is 10.5. The molecule has 2 aromatic rings. The maximum Gasteiger partial charge on any atom is 0.303 e. The van der Waals surface area contributed by atoms with Crippen molar-refractivity contribution in [3.63, 3.8) is 0 Å². The number of carbonyl (C=O) groups excluding carboxylic acids is 1. The van der Waals surface area contributed by atoms with Crippen LogP contribution in [0.3, 0.4) is 0 Å². The summed E-state index contributed by atoms with van der Waals surface area (Å²) in [6.07, 6.45) is 2.26. The molecule has 24 heavy (non-hydrogen) atoms. The smallest absolute Gasteiger partial charge is 0.303 e.